The SMILES string of the molecule is CC(C)c1ccccc1Nc1nccc(C(=O)Nc2ccc3c(c2)OCO3)n1. The van der Waals surface area contributed by atoms with Crippen LogP contribution in [0.25, 0.3) is 0 Å². The number of benzene rings is 2. The van der Waals surface area contributed by atoms with Crippen molar-refractivity contribution in [2.75, 3.05) is 17.4 Å². The molecule has 1 aliphatic heterocycles. The van der Waals surface area contributed by atoms with Gasteiger partial charge in [-0.1, -0.05) is 32.0 Å². The Kier molecular flexibility index (Phi) is 4.80. The Bertz CT molecular complexity index is 1020. The van der Waals surface area contributed by atoms with Gasteiger partial charge in [0, 0.05) is 23.6 Å². The van der Waals surface area contributed by atoms with Gasteiger partial charge in [-0.25, -0.2) is 9.97 Å². The van der Waals surface area contributed by atoms with Crippen LogP contribution in [0, 0.1) is 0 Å². The van der Waals surface area contributed by atoms with Crippen molar-refractivity contribution < 1.29 is 14.3 Å². The quantitative estimate of drug-likeness (QED) is 0.690. The van der Waals surface area contributed by atoms with Gasteiger partial charge < -0.3 is 20.1 Å². The summed E-state index contributed by atoms with van der Waals surface area (Å²) in [4.78, 5) is 21.2. The summed E-state index contributed by atoms with van der Waals surface area (Å²) in [5.41, 5.74) is 2.94. The average molecular weight is 376 g/mol. The molecule has 1 aromatic heterocycles. The lowest BCUT2D eigenvalue weighted by Crippen LogP contribution is -2.15. The van der Waals surface area contributed by atoms with Crippen LogP contribution in [0.2, 0.25) is 0 Å². The number of rotatable bonds is 5. The summed E-state index contributed by atoms with van der Waals surface area (Å²) in [5, 5.41) is 6.02. The molecule has 0 bridgehead atoms. The van der Waals surface area contributed by atoms with Crippen LogP contribution in [0.3, 0.4) is 0 Å². The van der Waals surface area contributed by atoms with Gasteiger partial charge in [0.2, 0.25) is 12.7 Å². The molecule has 1 amide bonds. The Hall–Kier alpha value is -3.61. The Morgan fingerprint density at radius 1 is 1.07 bits per heavy atom. The molecule has 7 heteroatoms. The summed E-state index contributed by atoms with van der Waals surface area (Å²) < 4.78 is 10.6. The van der Waals surface area contributed by atoms with Gasteiger partial charge in [0.25, 0.3) is 5.91 Å². The highest BCUT2D eigenvalue weighted by atomic mass is 16.7. The molecule has 7 nitrogen and oxygen atoms in total. The van der Waals surface area contributed by atoms with Crippen molar-refractivity contribution in [2.45, 2.75) is 19.8 Å². The monoisotopic (exact) mass is 376 g/mol. The van der Waals surface area contributed by atoms with E-state index in [1.54, 1.807) is 30.5 Å². The lowest BCUT2D eigenvalue weighted by Gasteiger charge is -2.13. The number of fused-ring (bicyclic) bond motifs is 1. The van der Waals surface area contributed by atoms with Crippen molar-refractivity contribution in [3.63, 3.8) is 0 Å². The van der Waals surface area contributed by atoms with Crippen molar-refractivity contribution in [2.24, 2.45) is 0 Å². The standard InChI is InChI=1S/C21H20N4O3/c1-13(2)15-5-3-4-6-16(15)24-21-22-10-9-17(25-21)20(26)23-14-7-8-18-19(11-14)28-12-27-18/h3-11,13H,12H2,1-2H3,(H,23,26)(H,22,24,25). The van der Waals surface area contributed by atoms with Crippen LogP contribution in [0.5, 0.6) is 11.5 Å². The zero-order valence-corrected chi connectivity index (χ0v) is 15.6. The minimum absolute atomic E-state index is 0.186. The molecular formula is C21H20N4O3. The molecule has 0 saturated heterocycles. The number of nitrogens with one attached hydrogen (secondary N) is 2. The molecule has 0 aliphatic carbocycles. The molecule has 2 aromatic carbocycles. The van der Waals surface area contributed by atoms with E-state index in [9.17, 15) is 4.79 Å². The van der Waals surface area contributed by atoms with Crippen molar-refractivity contribution in [1.29, 1.82) is 0 Å². The Morgan fingerprint density at radius 3 is 2.75 bits per heavy atom. The van der Waals surface area contributed by atoms with Crippen LogP contribution in [-0.4, -0.2) is 22.7 Å². The molecule has 4 rings (SSSR count). The van der Waals surface area contributed by atoms with Crippen molar-refractivity contribution in [3.05, 3.63) is 66.0 Å². The number of nitrogens with zero attached hydrogens (tertiary/aromatic N) is 2. The second kappa shape index (κ2) is 7.56. The molecule has 28 heavy (non-hydrogen) atoms. The van der Waals surface area contributed by atoms with E-state index in [1.165, 1.54) is 0 Å². The second-order valence-corrected chi connectivity index (χ2v) is 6.65. The molecule has 0 fully saturated rings. The van der Waals surface area contributed by atoms with E-state index in [1.807, 2.05) is 18.2 Å². The summed E-state index contributed by atoms with van der Waals surface area (Å²) >= 11 is 0. The predicted octanol–water partition coefficient (Wildman–Crippen LogP) is 4.32. The maximum absolute atomic E-state index is 12.6. The van der Waals surface area contributed by atoms with Crippen LogP contribution in [0.1, 0.15) is 35.8 Å². The fourth-order valence-electron chi connectivity index (χ4n) is 2.95. The minimum atomic E-state index is -0.332. The van der Waals surface area contributed by atoms with E-state index in [2.05, 4.69) is 40.5 Å². The number of anilines is 3. The number of carbonyl (C=O) groups is 1. The molecule has 2 N–H and O–H groups in total. The molecule has 3 aromatic rings. The maximum atomic E-state index is 12.6. The normalized spacial score (nSPS) is 12.1. The van der Waals surface area contributed by atoms with Gasteiger partial charge in [-0.2, -0.15) is 0 Å². The molecule has 0 saturated carbocycles. The number of amides is 1. The summed E-state index contributed by atoms with van der Waals surface area (Å²) in [5.74, 6) is 1.65. The fourth-order valence-corrected chi connectivity index (χ4v) is 2.95. The first-order chi connectivity index (χ1) is 13.6. The highest BCUT2D eigenvalue weighted by Crippen LogP contribution is 2.34. The van der Waals surface area contributed by atoms with E-state index in [4.69, 9.17) is 9.47 Å². The Balaban J connectivity index is 1.51. The van der Waals surface area contributed by atoms with E-state index in [0.29, 0.717) is 29.1 Å². The van der Waals surface area contributed by atoms with Crippen LogP contribution in [0.15, 0.2) is 54.7 Å². The molecule has 0 radical (unpaired) electrons. The molecule has 2 heterocycles. The fraction of sp³-hybridized carbons (Fsp3) is 0.190. The zero-order chi connectivity index (χ0) is 19.5. The molecule has 0 unspecified atom stereocenters. The van der Waals surface area contributed by atoms with Crippen LogP contribution >= 0.6 is 0 Å². The van der Waals surface area contributed by atoms with Crippen LogP contribution in [0.4, 0.5) is 17.3 Å². The first kappa shape index (κ1) is 17.8. The number of aromatic nitrogens is 2. The third kappa shape index (κ3) is 3.73. The summed E-state index contributed by atoms with van der Waals surface area (Å²) in [6.07, 6.45) is 1.56. The lowest BCUT2D eigenvalue weighted by molar-refractivity contribution is 0.102. The molecular weight excluding hydrogens is 356 g/mol. The largest absolute Gasteiger partial charge is 0.454 e. The Labute approximate surface area is 162 Å². The van der Waals surface area contributed by atoms with Crippen molar-refractivity contribution in [3.8, 4) is 11.5 Å². The molecule has 0 atom stereocenters. The van der Waals surface area contributed by atoms with E-state index >= 15 is 0 Å². The average Bonchev–Trinajstić information content (AvgIpc) is 3.16. The molecule has 1 aliphatic rings. The van der Waals surface area contributed by atoms with Crippen LogP contribution in [-0.2, 0) is 0 Å². The van der Waals surface area contributed by atoms with Gasteiger partial charge in [-0.3, -0.25) is 4.79 Å². The second-order valence-electron chi connectivity index (χ2n) is 6.65. The molecule has 0 spiro atoms. The van der Waals surface area contributed by atoms with Gasteiger partial charge in [0.15, 0.2) is 11.5 Å². The van der Waals surface area contributed by atoms with Crippen molar-refractivity contribution >= 4 is 23.2 Å². The number of hydrogen-bond donors (Lipinski definition) is 2. The van der Waals surface area contributed by atoms with Gasteiger partial charge in [-0.05, 0) is 35.7 Å². The first-order valence-electron chi connectivity index (χ1n) is 9.00. The summed E-state index contributed by atoms with van der Waals surface area (Å²) in [6.45, 7) is 4.43. The van der Waals surface area contributed by atoms with Crippen LogP contribution < -0.4 is 20.1 Å². The first-order valence-corrected chi connectivity index (χ1v) is 9.00. The number of hydrogen-bond acceptors (Lipinski definition) is 6. The van der Waals surface area contributed by atoms with E-state index in [-0.39, 0.29) is 18.4 Å². The van der Waals surface area contributed by atoms with Crippen molar-refractivity contribution in [1.82, 2.24) is 9.97 Å². The van der Waals surface area contributed by atoms with Gasteiger partial charge >= 0.3 is 0 Å². The van der Waals surface area contributed by atoms with Gasteiger partial charge in [0.05, 0.1) is 0 Å². The number of ether oxygens (including phenoxy) is 2. The third-order valence-corrected chi connectivity index (χ3v) is 4.35. The topological polar surface area (TPSA) is 85.4 Å². The highest BCUT2D eigenvalue weighted by molar-refractivity contribution is 6.03. The smallest absolute Gasteiger partial charge is 0.274 e. The molecule has 142 valence electrons. The third-order valence-electron chi connectivity index (χ3n) is 4.35. The Morgan fingerprint density at radius 2 is 1.89 bits per heavy atom. The predicted molar refractivity (Wildman–Crippen MR) is 106 cm³/mol. The number of para-hydroxylation sites is 1. The minimum Gasteiger partial charge on any atom is -0.454 e. The lowest BCUT2D eigenvalue weighted by atomic mass is 10.0. The highest BCUT2D eigenvalue weighted by Gasteiger charge is 2.16. The summed E-state index contributed by atoms with van der Waals surface area (Å²) in [6, 6.07) is 14.8. The maximum Gasteiger partial charge on any atom is 0.274 e. The van der Waals surface area contributed by atoms with E-state index in [0.717, 1.165) is 11.3 Å². The van der Waals surface area contributed by atoms with Gasteiger partial charge in [-0.15, -0.1) is 0 Å². The van der Waals surface area contributed by atoms with E-state index < -0.39 is 0 Å². The summed E-state index contributed by atoms with van der Waals surface area (Å²) in [7, 11) is 0. The number of carbonyl (C=O) groups excluding carboxylic acids is 1. The van der Waals surface area contributed by atoms with Gasteiger partial charge in [0.1, 0.15) is 5.69 Å². The zero-order valence-electron chi connectivity index (χ0n) is 15.6.